The second-order valence-electron chi connectivity index (χ2n) is 7.00. The lowest BCUT2D eigenvalue weighted by Gasteiger charge is -2.36. The number of carbonyl (C=O) groups is 1. The summed E-state index contributed by atoms with van der Waals surface area (Å²) in [6.45, 7) is 4.64. The first-order valence-electron chi connectivity index (χ1n) is 7.54. The number of nitrogens with two attached hydrogens (primary N) is 1. The van der Waals surface area contributed by atoms with E-state index in [9.17, 15) is 4.79 Å². The maximum atomic E-state index is 12.2. The average molecular weight is 252 g/mol. The largest absolute Gasteiger partial charge is 0.353 e. The minimum atomic E-state index is 0.0636. The molecule has 3 heteroatoms. The third-order valence-electron chi connectivity index (χ3n) is 4.84. The molecule has 0 bridgehead atoms. The van der Waals surface area contributed by atoms with Crippen molar-refractivity contribution in [2.45, 2.75) is 77.3 Å². The lowest BCUT2D eigenvalue weighted by Crippen LogP contribution is -2.48. The Balaban J connectivity index is 1.81. The van der Waals surface area contributed by atoms with Gasteiger partial charge < -0.3 is 11.1 Å². The topological polar surface area (TPSA) is 55.1 Å². The maximum absolute atomic E-state index is 12.2. The highest BCUT2D eigenvalue weighted by Gasteiger charge is 2.32. The number of carbonyl (C=O) groups excluding carboxylic acids is 1. The van der Waals surface area contributed by atoms with Crippen LogP contribution in [-0.4, -0.2) is 18.0 Å². The van der Waals surface area contributed by atoms with Gasteiger partial charge in [-0.05, 0) is 43.9 Å². The van der Waals surface area contributed by atoms with Crippen LogP contribution < -0.4 is 11.1 Å². The molecule has 0 heterocycles. The number of rotatable bonds is 2. The van der Waals surface area contributed by atoms with Crippen molar-refractivity contribution in [3.05, 3.63) is 0 Å². The van der Waals surface area contributed by atoms with Crippen LogP contribution in [0.15, 0.2) is 0 Å². The summed E-state index contributed by atoms with van der Waals surface area (Å²) in [4.78, 5) is 12.2. The molecule has 2 saturated carbocycles. The number of hydrogen-bond acceptors (Lipinski definition) is 2. The standard InChI is InChI=1S/C15H28N2O/c1-15(2)9-7-11(8-10-15)17-14(18)12-5-3-4-6-13(12)16/h11-13H,3-10,16H2,1-2H3,(H,17,18). The van der Waals surface area contributed by atoms with E-state index in [2.05, 4.69) is 19.2 Å². The Kier molecular flexibility index (Phi) is 4.31. The van der Waals surface area contributed by atoms with Gasteiger partial charge in [0.25, 0.3) is 0 Å². The summed E-state index contributed by atoms with van der Waals surface area (Å²) >= 11 is 0. The average Bonchev–Trinajstić information content (AvgIpc) is 2.32. The van der Waals surface area contributed by atoms with Gasteiger partial charge in [-0.25, -0.2) is 0 Å². The van der Waals surface area contributed by atoms with E-state index < -0.39 is 0 Å². The number of amides is 1. The summed E-state index contributed by atoms with van der Waals surface area (Å²) in [7, 11) is 0. The quantitative estimate of drug-likeness (QED) is 0.793. The van der Waals surface area contributed by atoms with Crippen LogP contribution in [-0.2, 0) is 4.79 Å². The fourth-order valence-electron chi connectivity index (χ4n) is 3.34. The molecule has 0 spiro atoms. The summed E-state index contributed by atoms with van der Waals surface area (Å²) in [6.07, 6.45) is 9.01. The lowest BCUT2D eigenvalue weighted by atomic mass is 9.75. The molecule has 2 unspecified atom stereocenters. The van der Waals surface area contributed by atoms with Gasteiger partial charge in [0.1, 0.15) is 0 Å². The Morgan fingerprint density at radius 1 is 1.11 bits per heavy atom. The normalized spacial score (nSPS) is 33.1. The molecule has 0 aromatic carbocycles. The maximum Gasteiger partial charge on any atom is 0.224 e. The van der Waals surface area contributed by atoms with Gasteiger partial charge in [-0.15, -0.1) is 0 Å². The molecule has 2 fully saturated rings. The molecule has 0 saturated heterocycles. The molecule has 18 heavy (non-hydrogen) atoms. The van der Waals surface area contributed by atoms with Crippen molar-refractivity contribution in [2.75, 3.05) is 0 Å². The zero-order chi connectivity index (χ0) is 13.2. The summed E-state index contributed by atoms with van der Waals surface area (Å²) in [5.74, 6) is 0.278. The van der Waals surface area contributed by atoms with Crippen molar-refractivity contribution in [2.24, 2.45) is 17.1 Å². The smallest absolute Gasteiger partial charge is 0.224 e. The first-order chi connectivity index (χ1) is 8.48. The predicted octanol–water partition coefficient (Wildman–Crippen LogP) is 2.59. The minimum absolute atomic E-state index is 0.0636. The van der Waals surface area contributed by atoms with E-state index in [-0.39, 0.29) is 17.9 Å². The molecule has 2 aliphatic rings. The van der Waals surface area contributed by atoms with E-state index in [0.717, 1.165) is 32.1 Å². The molecule has 0 radical (unpaired) electrons. The molecule has 0 aromatic heterocycles. The Hall–Kier alpha value is -0.570. The van der Waals surface area contributed by atoms with Gasteiger partial charge in [-0.2, -0.15) is 0 Å². The van der Waals surface area contributed by atoms with Crippen molar-refractivity contribution in [3.63, 3.8) is 0 Å². The number of nitrogens with one attached hydrogen (secondary N) is 1. The Labute approximate surface area is 111 Å². The highest BCUT2D eigenvalue weighted by Crippen LogP contribution is 2.35. The van der Waals surface area contributed by atoms with Gasteiger partial charge >= 0.3 is 0 Å². The van der Waals surface area contributed by atoms with Crippen LogP contribution in [0, 0.1) is 11.3 Å². The fourth-order valence-corrected chi connectivity index (χ4v) is 3.34. The summed E-state index contributed by atoms with van der Waals surface area (Å²) in [5.41, 5.74) is 6.53. The first-order valence-corrected chi connectivity index (χ1v) is 7.54. The van der Waals surface area contributed by atoms with Gasteiger partial charge in [0.15, 0.2) is 0 Å². The Morgan fingerprint density at radius 2 is 1.72 bits per heavy atom. The van der Waals surface area contributed by atoms with Crippen LogP contribution in [0.25, 0.3) is 0 Å². The zero-order valence-corrected chi connectivity index (χ0v) is 11.9. The van der Waals surface area contributed by atoms with E-state index >= 15 is 0 Å². The first kappa shape index (κ1) is 13.9. The predicted molar refractivity (Wildman–Crippen MR) is 74.1 cm³/mol. The van der Waals surface area contributed by atoms with E-state index in [0.29, 0.717) is 11.5 Å². The third kappa shape index (κ3) is 3.47. The molecule has 3 nitrogen and oxygen atoms in total. The van der Waals surface area contributed by atoms with E-state index in [4.69, 9.17) is 5.73 Å². The lowest BCUT2D eigenvalue weighted by molar-refractivity contribution is -0.127. The van der Waals surface area contributed by atoms with Crippen LogP contribution in [0.4, 0.5) is 0 Å². The Bertz CT molecular complexity index is 291. The molecular weight excluding hydrogens is 224 g/mol. The third-order valence-corrected chi connectivity index (χ3v) is 4.84. The van der Waals surface area contributed by atoms with Crippen LogP contribution in [0.2, 0.25) is 0 Å². The fraction of sp³-hybridized carbons (Fsp3) is 0.933. The highest BCUT2D eigenvalue weighted by molar-refractivity contribution is 5.79. The Morgan fingerprint density at radius 3 is 2.33 bits per heavy atom. The molecule has 2 atom stereocenters. The SMILES string of the molecule is CC1(C)CCC(NC(=O)C2CCCCC2N)CC1. The molecule has 0 aromatic rings. The van der Waals surface area contributed by atoms with Crippen LogP contribution in [0.5, 0.6) is 0 Å². The monoisotopic (exact) mass is 252 g/mol. The summed E-state index contributed by atoms with van der Waals surface area (Å²) in [5, 5.41) is 3.24. The van der Waals surface area contributed by atoms with Crippen LogP contribution in [0.3, 0.4) is 0 Å². The minimum Gasteiger partial charge on any atom is -0.353 e. The van der Waals surface area contributed by atoms with Crippen molar-refractivity contribution in [1.82, 2.24) is 5.32 Å². The van der Waals surface area contributed by atoms with Crippen molar-refractivity contribution in [1.29, 1.82) is 0 Å². The van der Waals surface area contributed by atoms with Crippen LogP contribution in [0.1, 0.15) is 65.2 Å². The molecular formula is C15H28N2O. The highest BCUT2D eigenvalue weighted by atomic mass is 16.2. The molecule has 2 aliphatic carbocycles. The molecule has 1 amide bonds. The molecule has 104 valence electrons. The van der Waals surface area contributed by atoms with E-state index in [1.165, 1.54) is 19.3 Å². The van der Waals surface area contributed by atoms with Crippen molar-refractivity contribution in [3.8, 4) is 0 Å². The zero-order valence-electron chi connectivity index (χ0n) is 11.9. The van der Waals surface area contributed by atoms with Crippen molar-refractivity contribution >= 4 is 5.91 Å². The molecule has 0 aliphatic heterocycles. The molecule has 3 N–H and O–H groups in total. The van der Waals surface area contributed by atoms with Crippen LogP contribution >= 0.6 is 0 Å². The van der Waals surface area contributed by atoms with E-state index in [1.807, 2.05) is 0 Å². The van der Waals surface area contributed by atoms with Gasteiger partial charge in [0.05, 0.1) is 5.92 Å². The van der Waals surface area contributed by atoms with Gasteiger partial charge in [-0.3, -0.25) is 4.79 Å². The second kappa shape index (κ2) is 5.60. The summed E-state index contributed by atoms with van der Waals surface area (Å²) in [6, 6.07) is 0.471. The number of hydrogen-bond donors (Lipinski definition) is 2. The summed E-state index contributed by atoms with van der Waals surface area (Å²) < 4.78 is 0. The molecule has 2 rings (SSSR count). The van der Waals surface area contributed by atoms with Gasteiger partial charge in [-0.1, -0.05) is 26.7 Å². The van der Waals surface area contributed by atoms with E-state index in [1.54, 1.807) is 0 Å². The second-order valence-corrected chi connectivity index (χ2v) is 7.00. The van der Waals surface area contributed by atoms with Gasteiger partial charge in [0.2, 0.25) is 5.91 Å². The van der Waals surface area contributed by atoms with Gasteiger partial charge in [0, 0.05) is 12.1 Å². The van der Waals surface area contributed by atoms with Crippen molar-refractivity contribution < 1.29 is 4.79 Å².